The number of nitrogens with one attached hydrogen (secondary N) is 1. The van der Waals surface area contributed by atoms with E-state index in [-0.39, 0.29) is 17.9 Å². The molecule has 10 nitrogen and oxygen atoms in total. The highest BCUT2D eigenvalue weighted by atomic mass is 16.5. The van der Waals surface area contributed by atoms with Crippen LogP contribution in [0, 0.1) is 6.92 Å². The summed E-state index contributed by atoms with van der Waals surface area (Å²) in [7, 11) is 0. The Bertz CT molecular complexity index is 743. The lowest BCUT2D eigenvalue weighted by Crippen LogP contribution is -2.14. The topological polar surface area (TPSA) is 130 Å². The first-order chi connectivity index (χ1) is 10.3. The summed E-state index contributed by atoms with van der Waals surface area (Å²) in [6.45, 7) is 1.82. The van der Waals surface area contributed by atoms with Gasteiger partial charge in [0, 0.05) is 6.20 Å². The molecule has 0 atom stereocenters. The first kappa shape index (κ1) is 12.9. The molecule has 0 saturated carbocycles. The predicted molar refractivity (Wildman–Crippen MR) is 71.6 cm³/mol. The largest absolute Gasteiger partial charge is 0.422 e. The van der Waals surface area contributed by atoms with E-state index in [9.17, 15) is 0 Å². The maximum atomic E-state index is 5.61. The van der Waals surface area contributed by atoms with Crippen LogP contribution in [0.15, 0.2) is 31.0 Å². The van der Waals surface area contributed by atoms with Crippen LogP contribution in [0.5, 0.6) is 11.8 Å². The zero-order valence-corrected chi connectivity index (χ0v) is 11.0. The molecule has 0 bridgehead atoms. The Balaban J connectivity index is 1.99. The van der Waals surface area contributed by atoms with Crippen LogP contribution >= 0.6 is 0 Å². The van der Waals surface area contributed by atoms with Crippen molar-refractivity contribution in [2.75, 3.05) is 5.43 Å². The molecule has 0 fully saturated rings. The molecule has 3 aromatic heterocycles. The van der Waals surface area contributed by atoms with Gasteiger partial charge in [-0.25, -0.2) is 10.8 Å². The van der Waals surface area contributed by atoms with Crippen LogP contribution in [-0.2, 0) is 0 Å². The van der Waals surface area contributed by atoms with Gasteiger partial charge in [-0.3, -0.25) is 10.4 Å². The van der Waals surface area contributed by atoms with Gasteiger partial charge in [0.05, 0.1) is 5.69 Å². The number of hydrogen-bond donors (Lipinski definition) is 2. The molecule has 3 heterocycles. The van der Waals surface area contributed by atoms with Gasteiger partial charge < -0.3 is 4.74 Å². The standard InChI is InChI=1S/C11H11N9O/c1-7-8(3-2-4-14-7)21-11-17-9(19-12)16-10(18-11)20-6-13-5-15-20/h2-6H,12H2,1H3,(H,16,17,18,19). The van der Waals surface area contributed by atoms with Crippen LogP contribution in [0.25, 0.3) is 5.95 Å². The summed E-state index contributed by atoms with van der Waals surface area (Å²) >= 11 is 0. The fraction of sp³-hybridized carbons (Fsp3) is 0.0909. The van der Waals surface area contributed by atoms with Crippen LogP contribution in [0.4, 0.5) is 5.95 Å². The summed E-state index contributed by atoms with van der Waals surface area (Å²) in [5.74, 6) is 6.26. The Morgan fingerprint density at radius 1 is 1.29 bits per heavy atom. The van der Waals surface area contributed by atoms with Crippen molar-refractivity contribution >= 4 is 5.95 Å². The second-order valence-electron chi connectivity index (χ2n) is 3.91. The molecular formula is C11H11N9O. The van der Waals surface area contributed by atoms with Gasteiger partial charge in [-0.05, 0) is 19.1 Å². The highest BCUT2D eigenvalue weighted by molar-refractivity contribution is 5.32. The predicted octanol–water partition coefficient (Wildman–Crippen LogP) is 0.234. The zero-order chi connectivity index (χ0) is 14.7. The Hall–Kier alpha value is -3.14. The summed E-state index contributed by atoms with van der Waals surface area (Å²) in [5, 5.41) is 3.94. The number of pyridine rings is 1. The molecular weight excluding hydrogens is 274 g/mol. The molecule has 106 valence electrons. The Morgan fingerprint density at radius 3 is 2.90 bits per heavy atom. The number of rotatable bonds is 4. The minimum absolute atomic E-state index is 0.0690. The van der Waals surface area contributed by atoms with Crippen molar-refractivity contribution in [3.05, 3.63) is 36.7 Å². The van der Waals surface area contributed by atoms with E-state index < -0.39 is 0 Å². The number of ether oxygens (including phenoxy) is 1. The van der Waals surface area contributed by atoms with E-state index in [1.807, 2.05) is 6.92 Å². The summed E-state index contributed by atoms with van der Waals surface area (Å²) < 4.78 is 6.98. The van der Waals surface area contributed by atoms with E-state index in [0.717, 1.165) is 0 Å². The fourth-order valence-electron chi connectivity index (χ4n) is 1.55. The van der Waals surface area contributed by atoms with Gasteiger partial charge in [0.1, 0.15) is 12.7 Å². The summed E-state index contributed by atoms with van der Waals surface area (Å²) in [6, 6.07) is 3.58. The Morgan fingerprint density at radius 2 is 2.19 bits per heavy atom. The van der Waals surface area contributed by atoms with E-state index >= 15 is 0 Å². The first-order valence-electron chi connectivity index (χ1n) is 5.93. The maximum Gasteiger partial charge on any atom is 0.328 e. The van der Waals surface area contributed by atoms with E-state index in [2.05, 4.69) is 35.4 Å². The third-order valence-electron chi connectivity index (χ3n) is 2.52. The van der Waals surface area contributed by atoms with Gasteiger partial charge >= 0.3 is 6.01 Å². The SMILES string of the molecule is Cc1ncccc1Oc1nc(NN)nc(-n2cncn2)n1. The van der Waals surface area contributed by atoms with Crippen molar-refractivity contribution in [2.45, 2.75) is 6.92 Å². The number of nitrogens with two attached hydrogens (primary N) is 1. The van der Waals surface area contributed by atoms with Crippen molar-refractivity contribution in [2.24, 2.45) is 5.84 Å². The van der Waals surface area contributed by atoms with Crippen LogP contribution in [-0.4, -0.2) is 34.7 Å². The number of hydrogen-bond acceptors (Lipinski definition) is 9. The lowest BCUT2D eigenvalue weighted by atomic mass is 10.3. The third kappa shape index (κ3) is 2.74. The average molecular weight is 285 g/mol. The minimum Gasteiger partial charge on any atom is -0.422 e. The van der Waals surface area contributed by atoms with Crippen LogP contribution < -0.4 is 16.0 Å². The van der Waals surface area contributed by atoms with E-state index in [4.69, 9.17) is 10.6 Å². The summed E-state index contributed by atoms with van der Waals surface area (Å²) in [5.41, 5.74) is 3.06. The number of hydrazine groups is 1. The first-order valence-corrected chi connectivity index (χ1v) is 5.93. The van der Waals surface area contributed by atoms with Gasteiger partial charge in [0.2, 0.25) is 5.95 Å². The van der Waals surface area contributed by atoms with Crippen LogP contribution in [0.2, 0.25) is 0 Å². The molecule has 0 radical (unpaired) electrons. The molecule has 0 aliphatic rings. The molecule has 0 amide bonds. The highest BCUT2D eigenvalue weighted by Crippen LogP contribution is 2.21. The summed E-state index contributed by atoms with van der Waals surface area (Å²) in [4.78, 5) is 20.2. The van der Waals surface area contributed by atoms with Gasteiger partial charge in [-0.15, -0.1) is 0 Å². The second-order valence-corrected chi connectivity index (χ2v) is 3.91. The molecule has 3 aromatic rings. The fourth-order valence-corrected chi connectivity index (χ4v) is 1.55. The van der Waals surface area contributed by atoms with Crippen LogP contribution in [0.3, 0.4) is 0 Å². The van der Waals surface area contributed by atoms with E-state index in [1.54, 1.807) is 18.3 Å². The number of aromatic nitrogens is 7. The normalized spacial score (nSPS) is 10.4. The number of nitrogen functional groups attached to an aromatic ring is 1. The van der Waals surface area contributed by atoms with Crippen molar-refractivity contribution in [3.63, 3.8) is 0 Å². The lowest BCUT2D eigenvalue weighted by molar-refractivity contribution is 0.432. The molecule has 21 heavy (non-hydrogen) atoms. The number of nitrogens with zero attached hydrogens (tertiary/aromatic N) is 7. The van der Waals surface area contributed by atoms with Gasteiger partial charge in [0.25, 0.3) is 5.95 Å². The van der Waals surface area contributed by atoms with Gasteiger partial charge in [-0.1, -0.05) is 0 Å². The number of anilines is 1. The van der Waals surface area contributed by atoms with Crippen molar-refractivity contribution < 1.29 is 4.74 Å². The molecule has 0 unspecified atom stereocenters. The van der Waals surface area contributed by atoms with Crippen molar-refractivity contribution in [1.29, 1.82) is 0 Å². The average Bonchev–Trinajstić information content (AvgIpc) is 3.04. The van der Waals surface area contributed by atoms with Gasteiger partial charge in [-0.2, -0.15) is 24.7 Å². The summed E-state index contributed by atoms with van der Waals surface area (Å²) in [6.07, 6.45) is 4.49. The van der Waals surface area contributed by atoms with Gasteiger partial charge in [0.15, 0.2) is 5.75 Å². The van der Waals surface area contributed by atoms with Crippen molar-refractivity contribution in [3.8, 4) is 17.7 Å². The maximum absolute atomic E-state index is 5.61. The minimum atomic E-state index is 0.0690. The lowest BCUT2D eigenvalue weighted by Gasteiger charge is -2.08. The molecule has 3 N–H and O–H groups in total. The van der Waals surface area contributed by atoms with E-state index in [0.29, 0.717) is 11.4 Å². The molecule has 0 aliphatic carbocycles. The second kappa shape index (κ2) is 5.46. The molecule has 0 saturated heterocycles. The van der Waals surface area contributed by atoms with E-state index in [1.165, 1.54) is 17.3 Å². The van der Waals surface area contributed by atoms with Crippen molar-refractivity contribution in [1.82, 2.24) is 34.7 Å². The molecule has 10 heteroatoms. The quantitative estimate of drug-likeness (QED) is 0.511. The number of aryl methyl sites for hydroxylation is 1. The highest BCUT2D eigenvalue weighted by Gasteiger charge is 2.11. The van der Waals surface area contributed by atoms with Crippen LogP contribution in [0.1, 0.15) is 5.69 Å². The zero-order valence-electron chi connectivity index (χ0n) is 11.0. The monoisotopic (exact) mass is 285 g/mol. The Labute approximate surface area is 119 Å². The molecule has 3 rings (SSSR count). The Kier molecular flexibility index (Phi) is 3.35. The third-order valence-corrected chi connectivity index (χ3v) is 2.52. The molecule has 0 aliphatic heterocycles. The molecule has 0 aromatic carbocycles. The smallest absolute Gasteiger partial charge is 0.328 e. The molecule has 0 spiro atoms.